The molecule has 0 saturated heterocycles. The largest absolute Gasteiger partial charge is 0.326 e. The van der Waals surface area contributed by atoms with Crippen molar-refractivity contribution in [2.75, 3.05) is 7.05 Å². The van der Waals surface area contributed by atoms with Crippen molar-refractivity contribution < 1.29 is 0 Å². The molecule has 1 aliphatic carbocycles. The second-order valence-corrected chi connectivity index (χ2v) is 3.93. The van der Waals surface area contributed by atoms with Crippen LogP contribution in [0.2, 0.25) is 0 Å². The van der Waals surface area contributed by atoms with Crippen LogP contribution in [0.15, 0.2) is 59.6 Å². The number of allylic oxidation sites excluding steroid dienone is 5. The van der Waals surface area contributed by atoms with Gasteiger partial charge < -0.3 is 5.73 Å². The van der Waals surface area contributed by atoms with Crippen molar-refractivity contribution in [1.29, 1.82) is 0 Å². The fourth-order valence-corrected chi connectivity index (χ4v) is 1.87. The van der Waals surface area contributed by atoms with E-state index in [0.29, 0.717) is 6.54 Å². The van der Waals surface area contributed by atoms with Gasteiger partial charge in [0.1, 0.15) is 0 Å². The van der Waals surface area contributed by atoms with E-state index in [2.05, 4.69) is 29.8 Å². The summed E-state index contributed by atoms with van der Waals surface area (Å²) in [5, 5.41) is 0. The Hall–Kier alpha value is -1.93. The molecule has 1 aromatic rings. The van der Waals surface area contributed by atoms with Crippen molar-refractivity contribution in [3.05, 3.63) is 65.8 Å². The number of nitrogens with two attached hydrogens (primary N) is 1. The van der Waals surface area contributed by atoms with Gasteiger partial charge in [-0.1, -0.05) is 43.0 Å². The van der Waals surface area contributed by atoms with Crippen molar-refractivity contribution in [2.45, 2.75) is 6.54 Å². The van der Waals surface area contributed by atoms with E-state index in [9.17, 15) is 0 Å². The van der Waals surface area contributed by atoms with Crippen molar-refractivity contribution in [3.8, 4) is 0 Å². The molecule has 0 aliphatic heterocycles. The lowest BCUT2D eigenvalue weighted by atomic mass is 9.91. The van der Waals surface area contributed by atoms with Crippen LogP contribution in [0, 0.1) is 0 Å². The van der Waals surface area contributed by atoms with E-state index in [1.807, 2.05) is 24.3 Å². The highest BCUT2D eigenvalue weighted by Gasteiger charge is 2.12. The number of hydrogen-bond donors (Lipinski definition) is 1. The molecule has 0 amide bonds. The fraction of sp³-hybridized carbons (Fsp3) is 0.133. The molecule has 1 aliphatic rings. The molecule has 1 aromatic carbocycles. The molecule has 0 fully saturated rings. The van der Waals surface area contributed by atoms with Gasteiger partial charge in [0, 0.05) is 19.2 Å². The van der Waals surface area contributed by atoms with Crippen LogP contribution in [0.1, 0.15) is 11.1 Å². The molecule has 0 saturated carbocycles. The van der Waals surface area contributed by atoms with Crippen LogP contribution < -0.4 is 5.73 Å². The lowest BCUT2D eigenvalue weighted by Gasteiger charge is -2.14. The third kappa shape index (κ3) is 2.27. The zero-order chi connectivity index (χ0) is 12.3. The van der Waals surface area contributed by atoms with Gasteiger partial charge in [-0.3, -0.25) is 4.99 Å². The quantitative estimate of drug-likeness (QED) is 0.824. The standard InChI is InChI=1S/C15H16N2/c1-11-14(4-3-5-15(11)17-2)13-8-6-12(10-16)7-9-13/h3-9H,1,10,16H2,2H3. The van der Waals surface area contributed by atoms with Gasteiger partial charge in [0.2, 0.25) is 0 Å². The van der Waals surface area contributed by atoms with Gasteiger partial charge >= 0.3 is 0 Å². The molecule has 2 heteroatoms. The first-order valence-electron chi connectivity index (χ1n) is 5.60. The maximum absolute atomic E-state index is 5.59. The Morgan fingerprint density at radius 1 is 1.24 bits per heavy atom. The number of benzene rings is 1. The van der Waals surface area contributed by atoms with E-state index in [-0.39, 0.29) is 0 Å². The van der Waals surface area contributed by atoms with Gasteiger partial charge in [-0.25, -0.2) is 0 Å². The van der Waals surface area contributed by atoms with Crippen LogP contribution in [0.3, 0.4) is 0 Å². The summed E-state index contributed by atoms with van der Waals surface area (Å²) in [6.07, 6.45) is 6.04. The van der Waals surface area contributed by atoms with Crippen LogP contribution in [-0.4, -0.2) is 12.8 Å². The molecule has 2 rings (SSSR count). The van der Waals surface area contributed by atoms with E-state index in [1.54, 1.807) is 7.05 Å². The third-order valence-corrected chi connectivity index (χ3v) is 2.89. The normalized spacial score (nSPS) is 17.4. The molecular weight excluding hydrogens is 208 g/mol. The van der Waals surface area contributed by atoms with Crippen LogP contribution >= 0.6 is 0 Å². The van der Waals surface area contributed by atoms with Gasteiger partial charge in [-0.05, 0) is 22.8 Å². The highest BCUT2D eigenvalue weighted by Crippen LogP contribution is 2.26. The first kappa shape index (κ1) is 11.6. The maximum Gasteiger partial charge on any atom is 0.0643 e. The summed E-state index contributed by atoms with van der Waals surface area (Å²) < 4.78 is 0. The Labute approximate surface area is 102 Å². The minimum absolute atomic E-state index is 0.571. The fourth-order valence-electron chi connectivity index (χ4n) is 1.87. The van der Waals surface area contributed by atoms with Crippen molar-refractivity contribution in [3.63, 3.8) is 0 Å². The molecule has 17 heavy (non-hydrogen) atoms. The molecule has 0 heterocycles. The Morgan fingerprint density at radius 2 is 1.94 bits per heavy atom. The van der Waals surface area contributed by atoms with E-state index < -0.39 is 0 Å². The van der Waals surface area contributed by atoms with Crippen LogP contribution in [0.5, 0.6) is 0 Å². The lowest BCUT2D eigenvalue weighted by molar-refractivity contribution is 1.07. The van der Waals surface area contributed by atoms with Crippen molar-refractivity contribution in [1.82, 2.24) is 0 Å². The van der Waals surface area contributed by atoms with E-state index in [1.165, 1.54) is 0 Å². The summed E-state index contributed by atoms with van der Waals surface area (Å²) in [4.78, 5) is 4.21. The molecule has 86 valence electrons. The highest BCUT2D eigenvalue weighted by molar-refractivity contribution is 6.20. The molecule has 2 nitrogen and oxygen atoms in total. The second-order valence-electron chi connectivity index (χ2n) is 3.93. The van der Waals surface area contributed by atoms with Gasteiger partial charge in [-0.2, -0.15) is 0 Å². The molecule has 0 spiro atoms. The zero-order valence-electron chi connectivity index (χ0n) is 9.98. The summed E-state index contributed by atoms with van der Waals surface area (Å²) >= 11 is 0. The molecule has 2 N–H and O–H groups in total. The average molecular weight is 224 g/mol. The number of hydrogen-bond acceptors (Lipinski definition) is 2. The van der Waals surface area contributed by atoms with Gasteiger partial charge in [-0.15, -0.1) is 0 Å². The summed E-state index contributed by atoms with van der Waals surface area (Å²) in [6.45, 7) is 4.66. The maximum atomic E-state index is 5.59. The monoisotopic (exact) mass is 224 g/mol. The molecular formula is C15H16N2. The summed E-state index contributed by atoms with van der Waals surface area (Å²) in [6, 6.07) is 8.24. The predicted molar refractivity (Wildman–Crippen MR) is 73.9 cm³/mol. The SMILES string of the molecule is C=C1C(c2ccc(CN)cc2)=CC=CC1=NC. The minimum Gasteiger partial charge on any atom is -0.326 e. The molecule has 0 atom stereocenters. The molecule has 0 aromatic heterocycles. The zero-order valence-corrected chi connectivity index (χ0v) is 9.98. The number of nitrogens with zero attached hydrogens (tertiary/aromatic N) is 1. The minimum atomic E-state index is 0.571. The average Bonchev–Trinajstić information content (AvgIpc) is 2.39. The lowest BCUT2D eigenvalue weighted by Crippen LogP contribution is -2.04. The van der Waals surface area contributed by atoms with Crippen LogP contribution in [0.4, 0.5) is 0 Å². The Bertz CT molecular complexity index is 516. The Morgan fingerprint density at radius 3 is 2.53 bits per heavy atom. The summed E-state index contributed by atoms with van der Waals surface area (Å²) in [5.41, 5.74) is 10.9. The van der Waals surface area contributed by atoms with Gasteiger partial charge in [0.25, 0.3) is 0 Å². The second kappa shape index (κ2) is 4.93. The molecule has 0 radical (unpaired) electrons. The van der Waals surface area contributed by atoms with E-state index in [4.69, 9.17) is 5.73 Å². The van der Waals surface area contributed by atoms with E-state index >= 15 is 0 Å². The van der Waals surface area contributed by atoms with Gasteiger partial charge in [0.05, 0.1) is 5.71 Å². The first-order chi connectivity index (χ1) is 8.26. The highest BCUT2D eigenvalue weighted by atomic mass is 14.7. The van der Waals surface area contributed by atoms with Crippen molar-refractivity contribution in [2.24, 2.45) is 10.7 Å². The van der Waals surface area contributed by atoms with E-state index in [0.717, 1.165) is 28.0 Å². The Balaban J connectivity index is 2.36. The first-order valence-corrected chi connectivity index (χ1v) is 5.60. The number of aliphatic imine (C=N–C) groups is 1. The molecule has 0 unspecified atom stereocenters. The number of rotatable bonds is 2. The Kier molecular flexibility index (Phi) is 3.35. The van der Waals surface area contributed by atoms with Gasteiger partial charge in [0.15, 0.2) is 0 Å². The van der Waals surface area contributed by atoms with Crippen LogP contribution in [0.25, 0.3) is 5.57 Å². The summed E-state index contributed by atoms with van der Waals surface area (Å²) in [7, 11) is 1.78. The third-order valence-electron chi connectivity index (χ3n) is 2.89. The predicted octanol–water partition coefficient (Wildman–Crippen LogP) is 2.73. The summed E-state index contributed by atoms with van der Waals surface area (Å²) in [5.74, 6) is 0. The topological polar surface area (TPSA) is 38.4 Å². The van der Waals surface area contributed by atoms with Crippen LogP contribution in [-0.2, 0) is 6.54 Å². The molecule has 0 bridgehead atoms. The smallest absolute Gasteiger partial charge is 0.0643 e. The van der Waals surface area contributed by atoms with Crippen molar-refractivity contribution >= 4 is 11.3 Å².